The molecule has 122 valence electrons. The summed E-state index contributed by atoms with van der Waals surface area (Å²) in [5.74, 6) is -0.214. The first-order valence-corrected chi connectivity index (χ1v) is 7.52. The Morgan fingerprint density at radius 1 is 1.25 bits per heavy atom. The molecule has 24 heavy (non-hydrogen) atoms. The van der Waals surface area contributed by atoms with Crippen LogP contribution in [0.4, 0.5) is 0 Å². The van der Waals surface area contributed by atoms with Crippen LogP contribution in [-0.4, -0.2) is 33.4 Å². The van der Waals surface area contributed by atoms with Crippen LogP contribution in [0.3, 0.4) is 0 Å². The van der Waals surface area contributed by atoms with E-state index in [9.17, 15) is 9.59 Å². The molecule has 3 aromatic rings. The predicted molar refractivity (Wildman–Crippen MR) is 92.7 cm³/mol. The molecule has 0 atom stereocenters. The third kappa shape index (κ3) is 2.74. The van der Waals surface area contributed by atoms with Crippen LogP contribution in [0.2, 0.25) is 0 Å². The fraction of sp³-hybridized carbons (Fsp3) is 0.167. The van der Waals surface area contributed by atoms with E-state index < -0.39 is 0 Å². The molecule has 0 unspecified atom stereocenters. The van der Waals surface area contributed by atoms with E-state index in [1.807, 2.05) is 18.2 Å². The van der Waals surface area contributed by atoms with Crippen LogP contribution >= 0.6 is 0 Å². The summed E-state index contributed by atoms with van der Waals surface area (Å²) in [7, 11) is 0. The van der Waals surface area contributed by atoms with Gasteiger partial charge in [0.1, 0.15) is 17.6 Å². The molecule has 0 N–H and O–H groups in total. The average Bonchev–Trinajstić information content (AvgIpc) is 2.96. The maximum absolute atomic E-state index is 12.6. The Bertz CT molecular complexity index is 974. The van der Waals surface area contributed by atoms with Gasteiger partial charge in [0, 0.05) is 18.5 Å². The van der Waals surface area contributed by atoms with Crippen LogP contribution in [0.1, 0.15) is 0 Å². The fourth-order valence-corrected chi connectivity index (χ4v) is 2.56. The number of benzene rings is 1. The summed E-state index contributed by atoms with van der Waals surface area (Å²) in [5, 5.41) is 0.781. The molecule has 0 radical (unpaired) electrons. The summed E-state index contributed by atoms with van der Waals surface area (Å²) in [6, 6.07) is 7.31. The van der Waals surface area contributed by atoms with Gasteiger partial charge in [-0.05, 0) is 12.1 Å². The lowest BCUT2D eigenvalue weighted by molar-refractivity contribution is -0.130. The predicted octanol–water partition coefficient (Wildman–Crippen LogP) is 2.34. The normalized spacial score (nSPS) is 10.8. The zero-order valence-corrected chi connectivity index (χ0v) is 13.1. The Morgan fingerprint density at radius 3 is 2.67 bits per heavy atom. The summed E-state index contributed by atoms with van der Waals surface area (Å²) in [4.78, 5) is 30.8. The van der Waals surface area contributed by atoms with E-state index in [4.69, 9.17) is 4.42 Å². The van der Waals surface area contributed by atoms with Crippen molar-refractivity contribution in [1.29, 1.82) is 0 Å². The van der Waals surface area contributed by atoms with Gasteiger partial charge in [-0.3, -0.25) is 14.2 Å². The first-order valence-electron chi connectivity index (χ1n) is 7.52. The Balaban J connectivity index is 1.98. The van der Waals surface area contributed by atoms with Gasteiger partial charge in [0.2, 0.25) is 11.5 Å². The van der Waals surface area contributed by atoms with E-state index in [0.717, 1.165) is 5.39 Å². The number of nitrogens with zero attached hydrogens (tertiary/aromatic N) is 3. The molecule has 2 heterocycles. The molecule has 6 nitrogen and oxygen atoms in total. The molecule has 0 saturated heterocycles. The second kappa shape index (κ2) is 6.54. The lowest BCUT2D eigenvalue weighted by Gasteiger charge is -2.19. The number of furan rings is 1. The molecule has 0 spiro atoms. The molecule has 1 aromatic carbocycles. The van der Waals surface area contributed by atoms with Gasteiger partial charge in [-0.25, -0.2) is 4.98 Å². The topological polar surface area (TPSA) is 68.3 Å². The SMILES string of the molecule is C=CCN(CC=C)C(=O)Cn1cnc2c(oc3ccccc32)c1=O. The molecule has 6 heteroatoms. The third-order valence-electron chi connectivity index (χ3n) is 3.71. The maximum Gasteiger partial charge on any atom is 0.297 e. The van der Waals surface area contributed by atoms with Crippen molar-refractivity contribution in [3.63, 3.8) is 0 Å². The minimum atomic E-state index is -0.373. The molecule has 0 aliphatic rings. The summed E-state index contributed by atoms with van der Waals surface area (Å²) in [6.07, 6.45) is 4.64. The van der Waals surface area contributed by atoms with Crippen LogP contribution < -0.4 is 5.56 Å². The molecule has 0 saturated carbocycles. The molecule has 0 bridgehead atoms. The molecule has 3 rings (SSSR count). The van der Waals surface area contributed by atoms with Crippen molar-refractivity contribution in [3.8, 4) is 0 Å². The maximum atomic E-state index is 12.6. The minimum Gasteiger partial charge on any atom is -0.448 e. The Labute approximate surface area is 138 Å². The molecule has 2 aromatic heterocycles. The van der Waals surface area contributed by atoms with Gasteiger partial charge >= 0.3 is 0 Å². The number of hydrogen-bond donors (Lipinski definition) is 0. The van der Waals surface area contributed by atoms with Gasteiger partial charge in [0.25, 0.3) is 5.56 Å². The smallest absolute Gasteiger partial charge is 0.297 e. The summed E-state index contributed by atoms with van der Waals surface area (Å²) >= 11 is 0. The average molecular weight is 323 g/mol. The van der Waals surface area contributed by atoms with Crippen LogP contribution in [0.25, 0.3) is 22.1 Å². The number of hydrogen-bond acceptors (Lipinski definition) is 4. The van der Waals surface area contributed by atoms with Gasteiger partial charge in [-0.2, -0.15) is 0 Å². The van der Waals surface area contributed by atoms with E-state index in [0.29, 0.717) is 24.2 Å². The van der Waals surface area contributed by atoms with Gasteiger partial charge in [0.05, 0.1) is 6.33 Å². The second-order valence-corrected chi connectivity index (χ2v) is 5.33. The third-order valence-corrected chi connectivity index (χ3v) is 3.71. The van der Waals surface area contributed by atoms with Crippen LogP contribution in [0.15, 0.2) is 65.1 Å². The number of carbonyl (C=O) groups excluding carboxylic acids is 1. The first kappa shape index (κ1) is 15.7. The van der Waals surface area contributed by atoms with Crippen LogP contribution in [0, 0.1) is 0 Å². The lowest BCUT2D eigenvalue weighted by Crippen LogP contribution is -2.36. The molecular weight excluding hydrogens is 306 g/mol. The van der Waals surface area contributed by atoms with Gasteiger partial charge < -0.3 is 9.32 Å². The van der Waals surface area contributed by atoms with Crippen molar-refractivity contribution in [2.24, 2.45) is 0 Å². The summed E-state index contributed by atoms with van der Waals surface area (Å²) < 4.78 is 6.86. The fourth-order valence-electron chi connectivity index (χ4n) is 2.56. The van der Waals surface area contributed by atoms with Crippen molar-refractivity contribution in [3.05, 3.63) is 66.3 Å². The Hall–Kier alpha value is -3.15. The molecule has 0 aliphatic carbocycles. The van der Waals surface area contributed by atoms with Crippen LogP contribution in [0.5, 0.6) is 0 Å². The largest absolute Gasteiger partial charge is 0.448 e. The number of carbonyl (C=O) groups is 1. The first-order chi connectivity index (χ1) is 11.7. The highest BCUT2D eigenvalue weighted by Gasteiger charge is 2.16. The zero-order valence-electron chi connectivity index (χ0n) is 13.1. The monoisotopic (exact) mass is 323 g/mol. The Morgan fingerprint density at radius 2 is 1.96 bits per heavy atom. The quantitative estimate of drug-likeness (QED) is 0.653. The number of para-hydroxylation sites is 1. The summed E-state index contributed by atoms with van der Waals surface area (Å²) in [5.41, 5.74) is 0.890. The van der Waals surface area contributed by atoms with Crippen molar-refractivity contribution >= 4 is 28.0 Å². The molecule has 1 amide bonds. The van der Waals surface area contributed by atoms with E-state index >= 15 is 0 Å². The highest BCUT2D eigenvalue weighted by atomic mass is 16.3. The molecule has 0 fully saturated rings. The number of rotatable bonds is 6. The highest BCUT2D eigenvalue weighted by molar-refractivity contribution is 6.01. The number of amides is 1. The summed E-state index contributed by atoms with van der Waals surface area (Å²) in [6.45, 7) is 7.93. The second-order valence-electron chi connectivity index (χ2n) is 5.33. The van der Waals surface area contributed by atoms with E-state index in [1.54, 1.807) is 23.1 Å². The minimum absolute atomic E-state index is 0.111. The van der Waals surface area contributed by atoms with Crippen molar-refractivity contribution in [2.75, 3.05) is 13.1 Å². The number of aromatic nitrogens is 2. The van der Waals surface area contributed by atoms with Gasteiger partial charge in [0.15, 0.2) is 0 Å². The molecular formula is C18H17N3O3. The van der Waals surface area contributed by atoms with Crippen molar-refractivity contribution in [1.82, 2.24) is 14.5 Å². The van der Waals surface area contributed by atoms with E-state index in [2.05, 4.69) is 18.1 Å². The van der Waals surface area contributed by atoms with Gasteiger partial charge in [-0.15, -0.1) is 13.2 Å². The highest BCUT2D eigenvalue weighted by Crippen LogP contribution is 2.23. The van der Waals surface area contributed by atoms with Crippen molar-refractivity contribution < 1.29 is 9.21 Å². The van der Waals surface area contributed by atoms with Crippen LogP contribution in [-0.2, 0) is 11.3 Å². The van der Waals surface area contributed by atoms with E-state index in [1.165, 1.54) is 10.9 Å². The van der Waals surface area contributed by atoms with E-state index in [-0.39, 0.29) is 23.6 Å². The number of fused-ring (bicyclic) bond motifs is 3. The van der Waals surface area contributed by atoms with Crippen molar-refractivity contribution in [2.45, 2.75) is 6.54 Å². The zero-order chi connectivity index (χ0) is 17.1. The standard InChI is InChI=1S/C18H17N3O3/c1-3-9-20(10-4-2)15(22)11-21-12-19-16-13-7-5-6-8-14(13)24-17(16)18(21)23/h3-8,12H,1-2,9-11H2. The Kier molecular flexibility index (Phi) is 4.29. The molecule has 0 aliphatic heterocycles. The van der Waals surface area contributed by atoms with Gasteiger partial charge in [-0.1, -0.05) is 24.3 Å². The lowest BCUT2D eigenvalue weighted by atomic mass is 10.2.